The number of phenolic OH excluding ortho intramolecular Hbond substituents is 1. The fourth-order valence-electron chi connectivity index (χ4n) is 1.66. The zero-order valence-corrected chi connectivity index (χ0v) is 10.3. The maximum absolute atomic E-state index is 12.0. The lowest BCUT2D eigenvalue weighted by atomic mass is 10.1. The van der Waals surface area contributed by atoms with Crippen LogP contribution in [0.4, 0.5) is 5.69 Å². The second kappa shape index (κ2) is 5.85. The monoisotopic (exact) mass is 272 g/mol. The largest absolute Gasteiger partial charge is 0.508 e. The summed E-state index contributed by atoms with van der Waals surface area (Å²) in [5, 5.41) is 20.7. The summed E-state index contributed by atoms with van der Waals surface area (Å²) in [6.07, 6.45) is 0. The normalized spacial score (nSPS) is 9.85. The lowest BCUT2D eigenvalue weighted by molar-refractivity contribution is 0.0706. The van der Waals surface area contributed by atoms with E-state index in [1.807, 2.05) is 6.07 Å². The van der Waals surface area contributed by atoms with Crippen LogP contribution in [0.5, 0.6) is 5.75 Å². The molecule has 102 valence electrons. The van der Waals surface area contributed by atoms with E-state index in [-0.39, 0.29) is 16.9 Å². The van der Waals surface area contributed by atoms with Crippen LogP contribution in [0.15, 0.2) is 48.5 Å². The molecule has 0 fully saturated rings. The molecule has 0 aliphatic carbocycles. The maximum atomic E-state index is 12.0. The lowest BCUT2D eigenvalue weighted by Gasteiger charge is -2.07. The number of carbonyl (C=O) groups is 2. The molecule has 0 saturated carbocycles. The number of para-hydroxylation sites is 1. The van der Waals surface area contributed by atoms with E-state index >= 15 is 0 Å². The molecule has 2 amide bonds. The molecule has 0 saturated heterocycles. The Morgan fingerprint density at radius 1 is 0.900 bits per heavy atom. The van der Waals surface area contributed by atoms with Crippen molar-refractivity contribution in [1.29, 1.82) is 0 Å². The molecule has 0 bridgehead atoms. The maximum Gasteiger partial charge on any atom is 0.274 e. The van der Waals surface area contributed by atoms with Crippen molar-refractivity contribution in [3.8, 4) is 5.75 Å². The molecule has 2 aromatic carbocycles. The molecule has 2 aromatic rings. The summed E-state index contributed by atoms with van der Waals surface area (Å²) in [4.78, 5) is 23.3. The highest BCUT2D eigenvalue weighted by Gasteiger charge is 2.12. The number of hydroxylamine groups is 1. The smallest absolute Gasteiger partial charge is 0.274 e. The van der Waals surface area contributed by atoms with Crippen molar-refractivity contribution in [1.82, 2.24) is 5.48 Å². The Hall–Kier alpha value is -2.86. The SMILES string of the molecule is O=C(NO)c1cc(O)cc(C(=O)Nc2ccccc2)c1. The minimum Gasteiger partial charge on any atom is -0.508 e. The van der Waals surface area contributed by atoms with Crippen molar-refractivity contribution in [3.05, 3.63) is 59.7 Å². The van der Waals surface area contributed by atoms with Gasteiger partial charge in [0.15, 0.2) is 0 Å². The van der Waals surface area contributed by atoms with Gasteiger partial charge in [-0.2, -0.15) is 0 Å². The van der Waals surface area contributed by atoms with Gasteiger partial charge in [0.1, 0.15) is 5.75 Å². The van der Waals surface area contributed by atoms with Crippen LogP contribution in [0, 0.1) is 0 Å². The van der Waals surface area contributed by atoms with Crippen LogP contribution in [0.1, 0.15) is 20.7 Å². The van der Waals surface area contributed by atoms with Gasteiger partial charge in [-0.15, -0.1) is 0 Å². The van der Waals surface area contributed by atoms with E-state index in [0.29, 0.717) is 5.69 Å². The number of amides is 2. The van der Waals surface area contributed by atoms with Gasteiger partial charge in [0.25, 0.3) is 11.8 Å². The predicted molar refractivity (Wildman–Crippen MR) is 71.8 cm³/mol. The second-order valence-electron chi connectivity index (χ2n) is 4.03. The minimum absolute atomic E-state index is 0.0225. The fourth-order valence-corrected chi connectivity index (χ4v) is 1.66. The number of anilines is 1. The topological polar surface area (TPSA) is 98.7 Å². The van der Waals surface area contributed by atoms with Crippen LogP contribution in [0.25, 0.3) is 0 Å². The molecular formula is C14H12N2O4. The Morgan fingerprint density at radius 2 is 1.50 bits per heavy atom. The molecule has 0 aromatic heterocycles. The molecule has 0 spiro atoms. The second-order valence-corrected chi connectivity index (χ2v) is 4.03. The van der Waals surface area contributed by atoms with E-state index in [1.54, 1.807) is 24.3 Å². The van der Waals surface area contributed by atoms with Crippen LogP contribution in [-0.4, -0.2) is 22.1 Å². The number of phenols is 1. The summed E-state index contributed by atoms with van der Waals surface area (Å²) in [5.74, 6) is -1.53. The van der Waals surface area contributed by atoms with Gasteiger partial charge in [-0.25, -0.2) is 5.48 Å². The summed E-state index contributed by atoms with van der Waals surface area (Å²) < 4.78 is 0. The Kier molecular flexibility index (Phi) is 3.97. The zero-order valence-electron chi connectivity index (χ0n) is 10.3. The zero-order chi connectivity index (χ0) is 14.5. The van der Waals surface area contributed by atoms with Crippen LogP contribution in [0.3, 0.4) is 0 Å². The van der Waals surface area contributed by atoms with Gasteiger partial charge in [-0.05, 0) is 30.3 Å². The molecule has 20 heavy (non-hydrogen) atoms. The van der Waals surface area contributed by atoms with Gasteiger partial charge in [-0.1, -0.05) is 18.2 Å². The van der Waals surface area contributed by atoms with Gasteiger partial charge in [-0.3, -0.25) is 14.8 Å². The van der Waals surface area contributed by atoms with E-state index in [4.69, 9.17) is 5.21 Å². The first kappa shape index (κ1) is 13.6. The molecule has 2 rings (SSSR count). The third-order valence-electron chi connectivity index (χ3n) is 2.58. The Bertz CT molecular complexity index is 641. The summed E-state index contributed by atoms with van der Waals surface area (Å²) in [5.41, 5.74) is 2.12. The Labute approximate surface area is 114 Å². The molecule has 0 aliphatic heterocycles. The Balaban J connectivity index is 2.26. The average molecular weight is 272 g/mol. The summed E-state index contributed by atoms with van der Waals surface area (Å²) in [6.45, 7) is 0. The summed E-state index contributed by atoms with van der Waals surface area (Å²) in [7, 11) is 0. The van der Waals surface area contributed by atoms with E-state index in [2.05, 4.69) is 5.32 Å². The van der Waals surface area contributed by atoms with Crippen LogP contribution < -0.4 is 10.8 Å². The van der Waals surface area contributed by atoms with Crippen molar-refractivity contribution >= 4 is 17.5 Å². The molecular weight excluding hydrogens is 260 g/mol. The van der Waals surface area contributed by atoms with Crippen LogP contribution in [0.2, 0.25) is 0 Å². The lowest BCUT2D eigenvalue weighted by Crippen LogP contribution is -2.19. The molecule has 6 heteroatoms. The van der Waals surface area contributed by atoms with E-state index in [1.165, 1.54) is 17.6 Å². The van der Waals surface area contributed by atoms with Gasteiger partial charge in [0.2, 0.25) is 0 Å². The first-order valence-electron chi connectivity index (χ1n) is 5.75. The average Bonchev–Trinajstić information content (AvgIpc) is 2.46. The molecule has 6 nitrogen and oxygen atoms in total. The van der Waals surface area contributed by atoms with E-state index in [0.717, 1.165) is 6.07 Å². The number of rotatable bonds is 3. The van der Waals surface area contributed by atoms with Crippen LogP contribution in [-0.2, 0) is 0 Å². The van der Waals surface area contributed by atoms with Gasteiger partial charge in [0.05, 0.1) is 0 Å². The summed E-state index contributed by atoms with van der Waals surface area (Å²) >= 11 is 0. The first-order valence-corrected chi connectivity index (χ1v) is 5.75. The van der Waals surface area contributed by atoms with Crippen molar-refractivity contribution in [2.24, 2.45) is 0 Å². The highest BCUT2D eigenvalue weighted by Crippen LogP contribution is 2.17. The van der Waals surface area contributed by atoms with Gasteiger partial charge in [0, 0.05) is 16.8 Å². The van der Waals surface area contributed by atoms with E-state index in [9.17, 15) is 14.7 Å². The highest BCUT2D eigenvalue weighted by atomic mass is 16.5. The number of hydrogen-bond acceptors (Lipinski definition) is 4. The fraction of sp³-hybridized carbons (Fsp3) is 0. The third-order valence-corrected chi connectivity index (χ3v) is 2.58. The van der Waals surface area contributed by atoms with Crippen molar-refractivity contribution in [3.63, 3.8) is 0 Å². The molecule has 0 heterocycles. The quantitative estimate of drug-likeness (QED) is 0.505. The number of carbonyl (C=O) groups excluding carboxylic acids is 2. The highest BCUT2D eigenvalue weighted by molar-refractivity contribution is 6.06. The number of benzene rings is 2. The predicted octanol–water partition coefficient (Wildman–Crippen LogP) is 1.76. The molecule has 0 unspecified atom stereocenters. The molecule has 0 radical (unpaired) electrons. The third kappa shape index (κ3) is 3.12. The van der Waals surface area contributed by atoms with Crippen molar-refractivity contribution in [2.45, 2.75) is 0 Å². The number of aromatic hydroxyl groups is 1. The Morgan fingerprint density at radius 3 is 2.10 bits per heavy atom. The molecule has 4 N–H and O–H groups in total. The van der Waals surface area contributed by atoms with Gasteiger partial charge >= 0.3 is 0 Å². The first-order chi connectivity index (χ1) is 9.60. The number of hydrogen-bond donors (Lipinski definition) is 4. The number of nitrogens with one attached hydrogen (secondary N) is 2. The van der Waals surface area contributed by atoms with E-state index < -0.39 is 11.8 Å². The van der Waals surface area contributed by atoms with Crippen LogP contribution >= 0.6 is 0 Å². The van der Waals surface area contributed by atoms with Crippen molar-refractivity contribution < 1.29 is 19.9 Å². The standard InChI is InChI=1S/C14H12N2O4/c17-12-7-9(6-10(8-12)14(19)16-20)13(18)15-11-4-2-1-3-5-11/h1-8,17,20H,(H,15,18)(H,16,19). The minimum atomic E-state index is -0.810. The molecule has 0 atom stereocenters. The summed E-state index contributed by atoms with van der Waals surface area (Å²) in [6, 6.07) is 12.4. The molecule has 0 aliphatic rings. The van der Waals surface area contributed by atoms with Crippen molar-refractivity contribution in [2.75, 3.05) is 5.32 Å². The van der Waals surface area contributed by atoms with Gasteiger partial charge < -0.3 is 10.4 Å².